The maximum absolute atomic E-state index is 5.57. The van der Waals surface area contributed by atoms with Gasteiger partial charge in [-0.05, 0) is 6.92 Å². The lowest BCUT2D eigenvalue weighted by molar-refractivity contribution is 0.103. The quantitative estimate of drug-likeness (QED) is 0.803. The van der Waals surface area contributed by atoms with Gasteiger partial charge in [0.15, 0.2) is 0 Å². The molecular weight excluding hydrogens is 214 g/mol. The number of piperazine rings is 1. The SMILES string of the molecule is CC(c1cnccn1)N1CCN(CCN)CC1. The van der Waals surface area contributed by atoms with Gasteiger partial charge in [-0.3, -0.25) is 19.8 Å². The van der Waals surface area contributed by atoms with Crippen molar-refractivity contribution in [2.45, 2.75) is 13.0 Å². The molecule has 1 fully saturated rings. The minimum atomic E-state index is 0.351. The average Bonchev–Trinajstić information content (AvgIpc) is 2.40. The molecule has 5 nitrogen and oxygen atoms in total. The molecule has 2 heterocycles. The fraction of sp³-hybridized carbons (Fsp3) is 0.667. The van der Waals surface area contributed by atoms with Gasteiger partial charge in [0.1, 0.15) is 0 Å². The molecule has 0 saturated carbocycles. The van der Waals surface area contributed by atoms with Crippen LogP contribution in [0.2, 0.25) is 0 Å². The fourth-order valence-corrected chi connectivity index (χ4v) is 2.27. The van der Waals surface area contributed by atoms with Gasteiger partial charge in [0.25, 0.3) is 0 Å². The third-order valence-electron chi connectivity index (χ3n) is 3.41. The maximum atomic E-state index is 5.57. The lowest BCUT2D eigenvalue weighted by atomic mass is 10.2. The predicted octanol–water partition coefficient (Wildman–Crippen LogP) is 0.114. The van der Waals surface area contributed by atoms with Crippen LogP contribution in [0.5, 0.6) is 0 Å². The zero-order valence-electron chi connectivity index (χ0n) is 10.4. The highest BCUT2D eigenvalue weighted by Crippen LogP contribution is 2.18. The van der Waals surface area contributed by atoms with Gasteiger partial charge in [0.2, 0.25) is 0 Å². The largest absolute Gasteiger partial charge is 0.329 e. The molecule has 0 aliphatic carbocycles. The van der Waals surface area contributed by atoms with Crippen LogP contribution < -0.4 is 5.73 Å². The van der Waals surface area contributed by atoms with Gasteiger partial charge in [-0.15, -0.1) is 0 Å². The Morgan fingerprint density at radius 1 is 1.29 bits per heavy atom. The minimum absolute atomic E-state index is 0.351. The highest BCUT2D eigenvalue weighted by Gasteiger charge is 2.22. The molecule has 1 atom stereocenters. The van der Waals surface area contributed by atoms with Crippen LogP contribution >= 0.6 is 0 Å². The van der Waals surface area contributed by atoms with E-state index in [0.717, 1.165) is 45.0 Å². The van der Waals surface area contributed by atoms with Crippen LogP contribution in [0.1, 0.15) is 18.7 Å². The van der Waals surface area contributed by atoms with E-state index in [4.69, 9.17) is 5.73 Å². The van der Waals surface area contributed by atoms with Crippen molar-refractivity contribution in [3.63, 3.8) is 0 Å². The highest BCUT2D eigenvalue weighted by molar-refractivity contribution is 5.01. The summed E-state index contributed by atoms with van der Waals surface area (Å²) >= 11 is 0. The van der Waals surface area contributed by atoms with Crippen LogP contribution in [0, 0.1) is 0 Å². The second-order valence-corrected chi connectivity index (χ2v) is 4.47. The number of aromatic nitrogens is 2. The van der Waals surface area contributed by atoms with E-state index >= 15 is 0 Å². The molecular formula is C12H21N5. The van der Waals surface area contributed by atoms with Crippen LogP contribution in [-0.2, 0) is 0 Å². The number of nitrogens with two attached hydrogens (primary N) is 1. The monoisotopic (exact) mass is 235 g/mol. The van der Waals surface area contributed by atoms with Gasteiger partial charge in [0, 0.05) is 57.9 Å². The first-order valence-corrected chi connectivity index (χ1v) is 6.23. The van der Waals surface area contributed by atoms with Crippen molar-refractivity contribution in [3.8, 4) is 0 Å². The number of hydrogen-bond donors (Lipinski definition) is 1. The molecule has 0 aromatic carbocycles. The van der Waals surface area contributed by atoms with E-state index in [2.05, 4.69) is 26.7 Å². The topological polar surface area (TPSA) is 58.3 Å². The summed E-state index contributed by atoms with van der Waals surface area (Å²) in [5, 5.41) is 0. The summed E-state index contributed by atoms with van der Waals surface area (Å²) in [4.78, 5) is 13.4. The molecule has 94 valence electrons. The molecule has 5 heteroatoms. The standard InChI is InChI=1S/C12H21N5/c1-11(12-10-14-3-4-15-12)17-8-6-16(5-2-13)7-9-17/h3-4,10-11H,2,5-9,13H2,1H3. The van der Waals surface area contributed by atoms with Crippen LogP contribution in [0.4, 0.5) is 0 Å². The molecule has 1 aliphatic heterocycles. The first-order chi connectivity index (χ1) is 8.31. The van der Waals surface area contributed by atoms with Crippen molar-refractivity contribution in [3.05, 3.63) is 24.3 Å². The summed E-state index contributed by atoms with van der Waals surface area (Å²) in [7, 11) is 0. The summed E-state index contributed by atoms with van der Waals surface area (Å²) in [5.74, 6) is 0. The molecule has 1 aliphatic rings. The summed E-state index contributed by atoms with van der Waals surface area (Å²) in [6.07, 6.45) is 5.34. The van der Waals surface area contributed by atoms with E-state index in [0.29, 0.717) is 6.04 Å². The number of hydrogen-bond acceptors (Lipinski definition) is 5. The van der Waals surface area contributed by atoms with Crippen molar-refractivity contribution in [1.29, 1.82) is 0 Å². The first kappa shape index (κ1) is 12.4. The van der Waals surface area contributed by atoms with Crippen LogP contribution in [0.25, 0.3) is 0 Å². The molecule has 17 heavy (non-hydrogen) atoms. The van der Waals surface area contributed by atoms with Gasteiger partial charge < -0.3 is 5.73 Å². The Morgan fingerprint density at radius 3 is 2.65 bits per heavy atom. The average molecular weight is 235 g/mol. The zero-order chi connectivity index (χ0) is 12.1. The molecule has 1 unspecified atom stereocenters. The molecule has 2 rings (SSSR count). The van der Waals surface area contributed by atoms with Crippen LogP contribution in [-0.4, -0.2) is 59.0 Å². The lowest BCUT2D eigenvalue weighted by Crippen LogP contribution is -2.48. The second-order valence-electron chi connectivity index (χ2n) is 4.47. The van der Waals surface area contributed by atoms with E-state index in [1.807, 2.05) is 6.20 Å². The maximum Gasteiger partial charge on any atom is 0.0755 e. The second kappa shape index (κ2) is 6.05. The van der Waals surface area contributed by atoms with Gasteiger partial charge in [-0.2, -0.15) is 0 Å². The smallest absolute Gasteiger partial charge is 0.0755 e. The summed E-state index contributed by atoms with van der Waals surface area (Å²) in [6, 6.07) is 0.351. The van der Waals surface area contributed by atoms with Crippen molar-refractivity contribution >= 4 is 0 Å². The van der Waals surface area contributed by atoms with E-state index < -0.39 is 0 Å². The number of nitrogens with zero attached hydrogens (tertiary/aromatic N) is 4. The molecule has 2 N–H and O–H groups in total. The lowest BCUT2D eigenvalue weighted by Gasteiger charge is -2.37. The Balaban J connectivity index is 1.88. The Morgan fingerprint density at radius 2 is 2.06 bits per heavy atom. The third kappa shape index (κ3) is 3.21. The van der Waals surface area contributed by atoms with E-state index in [1.54, 1.807) is 12.4 Å². The normalized spacial score (nSPS) is 20.4. The molecule has 0 radical (unpaired) electrons. The van der Waals surface area contributed by atoms with Crippen LogP contribution in [0.15, 0.2) is 18.6 Å². The highest BCUT2D eigenvalue weighted by atomic mass is 15.3. The Kier molecular flexibility index (Phi) is 4.42. The van der Waals surface area contributed by atoms with Crippen molar-refractivity contribution < 1.29 is 0 Å². The molecule has 0 bridgehead atoms. The number of rotatable bonds is 4. The Hall–Kier alpha value is -1.04. The van der Waals surface area contributed by atoms with Crippen LogP contribution in [0.3, 0.4) is 0 Å². The molecule has 1 aromatic heterocycles. The van der Waals surface area contributed by atoms with Crippen molar-refractivity contribution in [1.82, 2.24) is 19.8 Å². The van der Waals surface area contributed by atoms with E-state index in [9.17, 15) is 0 Å². The van der Waals surface area contributed by atoms with Gasteiger partial charge in [-0.25, -0.2) is 0 Å². The molecule has 0 amide bonds. The van der Waals surface area contributed by atoms with E-state index in [1.165, 1.54) is 0 Å². The Labute approximate surface area is 103 Å². The van der Waals surface area contributed by atoms with E-state index in [-0.39, 0.29) is 0 Å². The first-order valence-electron chi connectivity index (χ1n) is 6.23. The van der Waals surface area contributed by atoms with Gasteiger partial charge in [-0.1, -0.05) is 0 Å². The van der Waals surface area contributed by atoms with Gasteiger partial charge in [0.05, 0.1) is 11.7 Å². The van der Waals surface area contributed by atoms with Crippen molar-refractivity contribution in [2.24, 2.45) is 5.73 Å². The summed E-state index contributed by atoms with van der Waals surface area (Å²) in [5.41, 5.74) is 6.63. The molecule has 1 aromatic rings. The zero-order valence-corrected chi connectivity index (χ0v) is 10.4. The fourth-order valence-electron chi connectivity index (χ4n) is 2.27. The van der Waals surface area contributed by atoms with Gasteiger partial charge >= 0.3 is 0 Å². The molecule has 0 spiro atoms. The summed E-state index contributed by atoms with van der Waals surface area (Å²) < 4.78 is 0. The summed E-state index contributed by atoms with van der Waals surface area (Å²) in [6.45, 7) is 8.31. The molecule has 1 saturated heterocycles. The van der Waals surface area contributed by atoms with Crippen molar-refractivity contribution in [2.75, 3.05) is 39.3 Å². The Bertz CT molecular complexity index is 321. The minimum Gasteiger partial charge on any atom is -0.329 e. The third-order valence-corrected chi connectivity index (χ3v) is 3.41. The predicted molar refractivity (Wildman–Crippen MR) is 67.5 cm³/mol.